The number of benzene rings is 2. The lowest BCUT2D eigenvalue weighted by Gasteiger charge is -2.17. The van der Waals surface area contributed by atoms with Crippen molar-refractivity contribution in [1.82, 2.24) is 4.90 Å². The summed E-state index contributed by atoms with van der Waals surface area (Å²) in [5, 5.41) is 6.62. The third-order valence-electron chi connectivity index (χ3n) is 4.04. The molecule has 5 nitrogen and oxygen atoms in total. The Morgan fingerprint density at radius 3 is 2.38 bits per heavy atom. The van der Waals surface area contributed by atoms with E-state index in [-0.39, 0.29) is 11.8 Å². The van der Waals surface area contributed by atoms with Gasteiger partial charge in [-0.2, -0.15) is 0 Å². The monoisotopic (exact) mass is 373 g/mol. The number of rotatable bonds is 6. The molecule has 0 saturated heterocycles. The SMILES string of the molecule is Cc1ccc(Cl)cc1NC(=O)C(C)Nc1ccc(CC(=O)N(C)C)cc1. The van der Waals surface area contributed by atoms with Crippen molar-refractivity contribution in [3.63, 3.8) is 0 Å². The normalized spacial score (nSPS) is 11.6. The number of likely N-dealkylation sites (N-methyl/N-ethyl adjacent to an activating group) is 1. The van der Waals surface area contributed by atoms with E-state index < -0.39 is 6.04 Å². The van der Waals surface area contributed by atoms with Crippen LogP contribution in [0.5, 0.6) is 0 Å². The largest absolute Gasteiger partial charge is 0.374 e. The molecule has 0 bridgehead atoms. The summed E-state index contributed by atoms with van der Waals surface area (Å²) >= 11 is 5.99. The highest BCUT2D eigenvalue weighted by Crippen LogP contribution is 2.20. The maximum absolute atomic E-state index is 12.4. The van der Waals surface area contributed by atoms with Gasteiger partial charge in [0, 0.05) is 30.5 Å². The van der Waals surface area contributed by atoms with Gasteiger partial charge < -0.3 is 15.5 Å². The van der Waals surface area contributed by atoms with E-state index in [0.717, 1.165) is 16.8 Å². The molecule has 26 heavy (non-hydrogen) atoms. The number of hydrogen-bond donors (Lipinski definition) is 2. The fourth-order valence-corrected chi connectivity index (χ4v) is 2.51. The topological polar surface area (TPSA) is 61.4 Å². The maximum atomic E-state index is 12.4. The van der Waals surface area contributed by atoms with Crippen molar-refractivity contribution in [2.24, 2.45) is 0 Å². The molecule has 0 fully saturated rings. The zero-order valence-corrected chi connectivity index (χ0v) is 16.2. The van der Waals surface area contributed by atoms with Gasteiger partial charge in [-0.25, -0.2) is 0 Å². The Bertz CT molecular complexity index is 788. The molecule has 1 atom stereocenters. The van der Waals surface area contributed by atoms with Gasteiger partial charge in [-0.05, 0) is 49.2 Å². The fourth-order valence-electron chi connectivity index (χ4n) is 2.34. The number of aryl methyl sites for hydroxylation is 1. The predicted molar refractivity (Wildman–Crippen MR) is 107 cm³/mol. The Kier molecular flexibility index (Phi) is 6.64. The molecular weight excluding hydrogens is 350 g/mol. The molecule has 0 aliphatic rings. The lowest BCUT2D eigenvalue weighted by atomic mass is 10.1. The molecule has 0 aliphatic heterocycles. The van der Waals surface area contributed by atoms with Crippen LogP contribution in [-0.2, 0) is 16.0 Å². The average molecular weight is 374 g/mol. The van der Waals surface area contributed by atoms with Crippen molar-refractivity contribution in [3.05, 3.63) is 58.6 Å². The van der Waals surface area contributed by atoms with Crippen LogP contribution < -0.4 is 10.6 Å². The van der Waals surface area contributed by atoms with Crippen LogP contribution in [0.4, 0.5) is 11.4 Å². The number of carbonyl (C=O) groups is 2. The van der Waals surface area contributed by atoms with E-state index in [1.165, 1.54) is 0 Å². The molecule has 0 radical (unpaired) electrons. The number of carbonyl (C=O) groups excluding carboxylic acids is 2. The molecule has 2 amide bonds. The Hall–Kier alpha value is -2.53. The highest BCUT2D eigenvalue weighted by Gasteiger charge is 2.14. The van der Waals surface area contributed by atoms with Crippen LogP contribution in [0, 0.1) is 6.92 Å². The smallest absolute Gasteiger partial charge is 0.246 e. The predicted octanol–water partition coefficient (Wildman–Crippen LogP) is 3.72. The lowest BCUT2D eigenvalue weighted by molar-refractivity contribution is -0.128. The van der Waals surface area contributed by atoms with Crippen LogP contribution in [0.25, 0.3) is 0 Å². The molecule has 2 aromatic carbocycles. The molecule has 6 heteroatoms. The maximum Gasteiger partial charge on any atom is 0.246 e. The summed E-state index contributed by atoms with van der Waals surface area (Å²) in [6.45, 7) is 3.70. The van der Waals surface area contributed by atoms with E-state index in [0.29, 0.717) is 17.1 Å². The number of nitrogens with one attached hydrogen (secondary N) is 2. The first-order chi connectivity index (χ1) is 12.3. The van der Waals surface area contributed by atoms with Crippen LogP contribution in [-0.4, -0.2) is 36.9 Å². The number of hydrogen-bond acceptors (Lipinski definition) is 3. The molecule has 2 aromatic rings. The molecule has 0 aliphatic carbocycles. The summed E-state index contributed by atoms with van der Waals surface area (Å²) in [4.78, 5) is 25.7. The van der Waals surface area contributed by atoms with Gasteiger partial charge in [-0.1, -0.05) is 29.8 Å². The third-order valence-corrected chi connectivity index (χ3v) is 4.28. The summed E-state index contributed by atoms with van der Waals surface area (Å²) in [7, 11) is 3.47. The number of amides is 2. The number of anilines is 2. The Morgan fingerprint density at radius 1 is 1.12 bits per heavy atom. The van der Waals surface area contributed by atoms with Crippen molar-refractivity contribution in [2.45, 2.75) is 26.3 Å². The first-order valence-corrected chi connectivity index (χ1v) is 8.76. The molecule has 0 heterocycles. The van der Waals surface area contributed by atoms with Crippen LogP contribution >= 0.6 is 11.6 Å². The van der Waals surface area contributed by atoms with Crippen LogP contribution in [0.2, 0.25) is 5.02 Å². The lowest BCUT2D eigenvalue weighted by Crippen LogP contribution is -2.32. The van der Waals surface area contributed by atoms with Crippen molar-refractivity contribution >= 4 is 34.8 Å². The average Bonchev–Trinajstić information content (AvgIpc) is 2.59. The van der Waals surface area contributed by atoms with Crippen molar-refractivity contribution < 1.29 is 9.59 Å². The molecule has 2 rings (SSSR count). The zero-order valence-electron chi connectivity index (χ0n) is 15.5. The van der Waals surface area contributed by atoms with Gasteiger partial charge >= 0.3 is 0 Å². The summed E-state index contributed by atoms with van der Waals surface area (Å²) < 4.78 is 0. The second-order valence-electron chi connectivity index (χ2n) is 6.48. The molecule has 0 aromatic heterocycles. The van der Waals surface area contributed by atoms with Gasteiger partial charge in [-0.15, -0.1) is 0 Å². The van der Waals surface area contributed by atoms with Crippen LogP contribution in [0.3, 0.4) is 0 Å². The number of nitrogens with zero attached hydrogens (tertiary/aromatic N) is 1. The van der Waals surface area contributed by atoms with E-state index in [2.05, 4.69) is 10.6 Å². The Morgan fingerprint density at radius 2 is 1.77 bits per heavy atom. The minimum absolute atomic E-state index is 0.0512. The second-order valence-corrected chi connectivity index (χ2v) is 6.91. The minimum atomic E-state index is -0.428. The summed E-state index contributed by atoms with van der Waals surface area (Å²) in [5.74, 6) is -0.0995. The summed E-state index contributed by atoms with van der Waals surface area (Å²) in [6, 6.07) is 12.5. The van der Waals surface area contributed by atoms with Gasteiger partial charge in [0.15, 0.2) is 0 Å². The van der Waals surface area contributed by atoms with Gasteiger partial charge in [-0.3, -0.25) is 9.59 Å². The standard InChI is InChI=1S/C20H24ClN3O2/c1-13-5-8-16(21)12-18(13)23-20(26)14(2)22-17-9-6-15(7-10-17)11-19(25)24(3)4/h5-10,12,14,22H,11H2,1-4H3,(H,23,26). The molecule has 138 valence electrons. The molecule has 1 unspecified atom stereocenters. The first kappa shape index (κ1) is 19.8. The van der Waals surface area contributed by atoms with Crippen molar-refractivity contribution in [3.8, 4) is 0 Å². The van der Waals surface area contributed by atoms with E-state index in [1.54, 1.807) is 38.1 Å². The van der Waals surface area contributed by atoms with E-state index >= 15 is 0 Å². The van der Waals surface area contributed by atoms with E-state index in [1.807, 2.05) is 37.3 Å². The minimum Gasteiger partial charge on any atom is -0.374 e. The number of halogens is 1. The molecule has 2 N–H and O–H groups in total. The third kappa shape index (κ3) is 5.49. The Balaban J connectivity index is 1.96. The quantitative estimate of drug-likeness (QED) is 0.811. The Labute approximate surface area is 159 Å². The van der Waals surface area contributed by atoms with Crippen molar-refractivity contribution in [2.75, 3.05) is 24.7 Å². The summed E-state index contributed by atoms with van der Waals surface area (Å²) in [6.07, 6.45) is 0.358. The van der Waals surface area contributed by atoms with Crippen LogP contribution in [0.1, 0.15) is 18.1 Å². The van der Waals surface area contributed by atoms with Crippen LogP contribution in [0.15, 0.2) is 42.5 Å². The highest BCUT2D eigenvalue weighted by atomic mass is 35.5. The highest BCUT2D eigenvalue weighted by molar-refractivity contribution is 6.31. The van der Waals surface area contributed by atoms with Crippen molar-refractivity contribution in [1.29, 1.82) is 0 Å². The fraction of sp³-hybridized carbons (Fsp3) is 0.300. The van der Waals surface area contributed by atoms with Gasteiger partial charge in [0.25, 0.3) is 0 Å². The van der Waals surface area contributed by atoms with Gasteiger partial charge in [0.05, 0.1) is 6.42 Å². The second kappa shape index (κ2) is 8.72. The first-order valence-electron chi connectivity index (χ1n) is 8.39. The van der Waals surface area contributed by atoms with Gasteiger partial charge in [0.2, 0.25) is 11.8 Å². The van der Waals surface area contributed by atoms with E-state index in [9.17, 15) is 9.59 Å². The summed E-state index contributed by atoms with van der Waals surface area (Å²) in [5.41, 5.74) is 3.40. The molecular formula is C20H24ClN3O2. The van der Waals surface area contributed by atoms with Gasteiger partial charge in [0.1, 0.15) is 6.04 Å². The van der Waals surface area contributed by atoms with E-state index in [4.69, 9.17) is 11.6 Å². The molecule has 0 saturated carbocycles. The zero-order chi connectivity index (χ0) is 19.3. The molecule has 0 spiro atoms.